The zero-order valence-corrected chi connectivity index (χ0v) is 15.8. The number of aromatic nitrogens is 4. The molecule has 2 aliphatic heterocycles. The fourth-order valence-corrected chi connectivity index (χ4v) is 4.25. The van der Waals surface area contributed by atoms with Crippen LogP contribution in [0.25, 0.3) is 0 Å². The van der Waals surface area contributed by atoms with Crippen molar-refractivity contribution < 1.29 is 4.74 Å². The Hall–Kier alpha value is -1.99. The average Bonchev–Trinajstić information content (AvgIpc) is 2.92. The first kappa shape index (κ1) is 17.4. The molecule has 0 aliphatic carbocycles. The predicted octanol–water partition coefficient (Wildman–Crippen LogP) is 1.64. The number of nitrogens with zero attached hydrogens (tertiary/aromatic N) is 6. The summed E-state index contributed by atoms with van der Waals surface area (Å²) in [5.74, 6) is 0.963. The third-order valence-corrected chi connectivity index (χ3v) is 5.45. The summed E-state index contributed by atoms with van der Waals surface area (Å²) in [5.41, 5.74) is 2.39. The minimum absolute atomic E-state index is 0.156. The molecule has 4 rings (SSSR count). The van der Waals surface area contributed by atoms with E-state index in [9.17, 15) is 0 Å². The number of ether oxygens (including phenoxy) is 1. The quantitative estimate of drug-likeness (QED) is 0.833. The highest BCUT2D eigenvalue weighted by molar-refractivity contribution is 5.38. The van der Waals surface area contributed by atoms with E-state index in [4.69, 9.17) is 4.74 Å². The Kier molecular flexibility index (Phi) is 4.91. The van der Waals surface area contributed by atoms with Gasteiger partial charge in [-0.15, -0.1) is 5.10 Å². The van der Waals surface area contributed by atoms with Gasteiger partial charge in [0.2, 0.25) is 0 Å². The predicted molar refractivity (Wildman–Crippen MR) is 100.0 cm³/mol. The summed E-state index contributed by atoms with van der Waals surface area (Å²) >= 11 is 0. The van der Waals surface area contributed by atoms with Crippen molar-refractivity contribution in [1.82, 2.24) is 24.9 Å². The lowest BCUT2D eigenvalue weighted by Crippen LogP contribution is -2.50. The van der Waals surface area contributed by atoms with Gasteiger partial charge in [-0.3, -0.25) is 9.58 Å². The van der Waals surface area contributed by atoms with Crippen LogP contribution >= 0.6 is 0 Å². The van der Waals surface area contributed by atoms with Gasteiger partial charge < -0.3 is 9.64 Å². The Bertz CT molecular complexity index is 730. The molecule has 4 heterocycles. The summed E-state index contributed by atoms with van der Waals surface area (Å²) in [6, 6.07) is 4.12. The number of hydrogen-bond acceptors (Lipinski definition) is 6. The SMILES string of the molecule is Cc1ccc(N2CCOCC3(CCCN(Cc4cnn(C)c4)C3)C2)nn1. The molecule has 7 heteroatoms. The van der Waals surface area contributed by atoms with Crippen LogP contribution < -0.4 is 4.90 Å². The molecule has 0 radical (unpaired) electrons. The van der Waals surface area contributed by atoms with Crippen molar-refractivity contribution >= 4 is 5.82 Å². The van der Waals surface area contributed by atoms with Crippen LogP contribution in [0.1, 0.15) is 24.1 Å². The minimum Gasteiger partial charge on any atom is -0.379 e. The van der Waals surface area contributed by atoms with Crippen LogP contribution in [0.4, 0.5) is 5.82 Å². The Balaban J connectivity index is 1.48. The van der Waals surface area contributed by atoms with Gasteiger partial charge >= 0.3 is 0 Å². The first-order valence-electron chi connectivity index (χ1n) is 9.45. The number of aryl methyl sites for hydroxylation is 2. The van der Waals surface area contributed by atoms with Crippen molar-refractivity contribution in [1.29, 1.82) is 0 Å². The van der Waals surface area contributed by atoms with Crippen molar-refractivity contribution in [3.05, 3.63) is 35.8 Å². The van der Waals surface area contributed by atoms with E-state index in [1.165, 1.54) is 18.4 Å². The van der Waals surface area contributed by atoms with E-state index in [0.29, 0.717) is 0 Å². The molecule has 2 aromatic heterocycles. The Morgan fingerprint density at radius 1 is 1.19 bits per heavy atom. The second kappa shape index (κ2) is 7.32. The molecule has 0 bridgehead atoms. The van der Waals surface area contributed by atoms with Crippen LogP contribution in [0, 0.1) is 12.3 Å². The van der Waals surface area contributed by atoms with E-state index in [1.54, 1.807) is 0 Å². The monoisotopic (exact) mass is 356 g/mol. The van der Waals surface area contributed by atoms with Gasteiger partial charge in [-0.05, 0) is 38.4 Å². The molecule has 2 aromatic rings. The molecule has 140 valence electrons. The van der Waals surface area contributed by atoms with Crippen molar-refractivity contribution in [3.8, 4) is 0 Å². The van der Waals surface area contributed by atoms with Crippen LogP contribution in [0.15, 0.2) is 24.5 Å². The summed E-state index contributed by atoms with van der Waals surface area (Å²) in [4.78, 5) is 4.90. The number of likely N-dealkylation sites (tertiary alicyclic amines) is 1. The smallest absolute Gasteiger partial charge is 0.151 e. The van der Waals surface area contributed by atoms with E-state index < -0.39 is 0 Å². The lowest BCUT2D eigenvalue weighted by molar-refractivity contribution is 0.0106. The van der Waals surface area contributed by atoms with Crippen molar-refractivity contribution in [2.24, 2.45) is 12.5 Å². The molecule has 0 amide bonds. The summed E-state index contributed by atoms with van der Waals surface area (Å²) < 4.78 is 7.91. The molecule has 26 heavy (non-hydrogen) atoms. The third-order valence-electron chi connectivity index (χ3n) is 5.45. The molecule has 0 N–H and O–H groups in total. The maximum Gasteiger partial charge on any atom is 0.151 e. The van der Waals surface area contributed by atoms with Crippen LogP contribution in [0.3, 0.4) is 0 Å². The molecular weight excluding hydrogens is 328 g/mol. The van der Waals surface area contributed by atoms with Crippen molar-refractivity contribution in [2.45, 2.75) is 26.3 Å². The van der Waals surface area contributed by atoms with E-state index in [0.717, 1.165) is 57.4 Å². The molecular formula is C19H28N6O. The number of hydrogen-bond donors (Lipinski definition) is 0. The highest BCUT2D eigenvalue weighted by Crippen LogP contribution is 2.34. The molecule has 1 unspecified atom stereocenters. The molecule has 1 atom stereocenters. The topological polar surface area (TPSA) is 59.3 Å². The molecule has 2 saturated heterocycles. The van der Waals surface area contributed by atoms with Crippen molar-refractivity contribution in [3.63, 3.8) is 0 Å². The van der Waals surface area contributed by atoms with Crippen LogP contribution in [-0.2, 0) is 18.3 Å². The van der Waals surface area contributed by atoms with Gasteiger partial charge in [-0.1, -0.05) is 0 Å². The van der Waals surface area contributed by atoms with E-state index in [1.807, 2.05) is 30.9 Å². The number of rotatable bonds is 3. The van der Waals surface area contributed by atoms with E-state index in [2.05, 4.69) is 37.4 Å². The van der Waals surface area contributed by atoms with Gasteiger partial charge in [0.1, 0.15) is 0 Å². The molecule has 2 aliphatic rings. The number of piperidine rings is 1. The summed E-state index contributed by atoms with van der Waals surface area (Å²) in [6.45, 7) is 8.56. The fourth-order valence-electron chi connectivity index (χ4n) is 4.25. The van der Waals surface area contributed by atoms with Gasteiger partial charge in [-0.2, -0.15) is 10.2 Å². The van der Waals surface area contributed by atoms with Gasteiger partial charge in [0.15, 0.2) is 5.82 Å². The normalized spacial score (nSPS) is 24.8. The first-order valence-corrected chi connectivity index (χ1v) is 9.45. The lowest BCUT2D eigenvalue weighted by Gasteiger charge is -2.43. The molecule has 0 aromatic carbocycles. The van der Waals surface area contributed by atoms with Crippen molar-refractivity contribution in [2.75, 3.05) is 44.3 Å². The maximum atomic E-state index is 6.03. The van der Waals surface area contributed by atoms with Gasteiger partial charge in [0.05, 0.1) is 25.1 Å². The van der Waals surface area contributed by atoms with E-state index in [-0.39, 0.29) is 5.41 Å². The van der Waals surface area contributed by atoms with Gasteiger partial charge in [0, 0.05) is 50.4 Å². The standard InChI is InChI=1S/C19H28N6O/c1-16-4-5-18(22-21-16)25-8-9-26-15-19(14-25)6-3-7-24(13-19)12-17-10-20-23(2)11-17/h4-5,10-11H,3,6-9,12-15H2,1-2H3. The van der Waals surface area contributed by atoms with E-state index >= 15 is 0 Å². The summed E-state index contributed by atoms with van der Waals surface area (Å²) in [7, 11) is 1.97. The second-order valence-electron chi connectivity index (χ2n) is 7.84. The first-order chi connectivity index (χ1) is 12.6. The lowest BCUT2D eigenvalue weighted by atomic mass is 9.80. The van der Waals surface area contributed by atoms with Crippen LogP contribution in [0.5, 0.6) is 0 Å². The van der Waals surface area contributed by atoms with Crippen LogP contribution in [-0.4, -0.2) is 64.3 Å². The Morgan fingerprint density at radius 3 is 2.88 bits per heavy atom. The Morgan fingerprint density at radius 2 is 2.12 bits per heavy atom. The minimum atomic E-state index is 0.156. The number of anilines is 1. The molecule has 7 nitrogen and oxygen atoms in total. The highest BCUT2D eigenvalue weighted by atomic mass is 16.5. The summed E-state index contributed by atoms with van der Waals surface area (Å²) in [6.07, 6.45) is 6.49. The zero-order valence-electron chi connectivity index (χ0n) is 15.8. The zero-order chi connectivity index (χ0) is 18.0. The fraction of sp³-hybridized carbons (Fsp3) is 0.632. The third kappa shape index (κ3) is 3.88. The van der Waals surface area contributed by atoms with Gasteiger partial charge in [-0.25, -0.2) is 0 Å². The Labute approximate surface area is 155 Å². The average molecular weight is 356 g/mol. The molecule has 1 spiro atoms. The second-order valence-corrected chi connectivity index (χ2v) is 7.84. The highest BCUT2D eigenvalue weighted by Gasteiger charge is 2.39. The molecule has 2 fully saturated rings. The largest absolute Gasteiger partial charge is 0.379 e. The molecule has 0 saturated carbocycles. The summed E-state index contributed by atoms with van der Waals surface area (Å²) in [5, 5.41) is 12.9. The maximum absolute atomic E-state index is 6.03. The van der Waals surface area contributed by atoms with Crippen LogP contribution in [0.2, 0.25) is 0 Å². The van der Waals surface area contributed by atoms with Gasteiger partial charge in [0.25, 0.3) is 0 Å².